The van der Waals surface area contributed by atoms with E-state index in [9.17, 15) is 9.59 Å². The van der Waals surface area contributed by atoms with Crippen LogP contribution < -0.4 is 0 Å². The number of aryl methyl sites for hydroxylation is 1. The molecule has 26 heavy (non-hydrogen) atoms. The van der Waals surface area contributed by atoms with E-state index in [-0.39, 0.29) is 11.8 Å². The second-order valence-electron chi connectivity index (χ2n) is 7.55. The minimum atomic E-state index is -0.426. The molecule has 1 aromatic heterocycles. The Balaban J connectivity index is 1.48. The zero-order chi connectivity index (χ0) is 18.1. The smallest absolute Gasteiger partial charge is 0.289 e. The quantitative estimate of drug-likeness (QED) is 0.852. The van der Waals surface area contributed by atoms with Crippen molar-refractivity contribution in [1.29, 1.82) is 0 Å². The zero-order valence-corrected chi connectivity index (χ0v) is 15.1. The number of benzene rings is 1. The first kappa shape index (κ1) is 16.9. The van der Waals surface area contributed by atoms with Gasteiger partial charge in [-0.15, -0.1) is 0 Å². The topological polar surface area (TPSA) is 53.8 Å². The molecule has 4 rings (SSSR count). The van der Waals surface area contributed by atoms with E-state index in [2.05, 4.69) is 25.1 Å². The van der Waals surface area contributed by atoms with Crippen LogP contribution in [0.25, 0.3) is 0 Å². The lowest BCUT2D eigenvalue weighted by Crippen LogP contribution is -2.50. The number of carbonyl (C=O) groups is 2. The molecule has 5 nitrogen and oxygen atoms in total. The maximum absolute atomic E-state index is 13.3. The summed E-state index contributed by atoms with van der Waals surface area (Å²) in [7, 11) is 0. The van der Waals surface area contributed by atoms with Crippen molar-refractivity contribution in [2.75, 3.05) is 19.6 Å². The van der Waals surface area contributed by atoms with Crippen LogP contribution in [0.1, 0.15) is 40.9 Å². The van der Waals surface area contributed by atoms with Crippen LogP contribution in [0.5, 0.6) is 0 Å². The number of hydrogen-bond acceptors (Lipinski definition) is 3. The van der Waals surface area contributed by atoms with Gasteiger partial charge in [0.15, 0.2) is 5.76 Å². The minimum absolute atomic E-state index is 0.115. The summed E-state index contributed by atoms with van der Waals surface area (Å²) in [5.41, 5.74) is 1.94. The second-order valence-corrected chi connectivity index (χ2v) is 7.55. The van der Waals surface area contributed by atoms with Crippen LogP contribution in [0, 0.1) is 12.3 Å². The third-order valence-corrected chi connectivity index (χ3v) is 5.65. The number of piperidine rings is 1. The Morgan fingerprint density at radius 2 is 2.08 bits per heavy atom. The van der Waals surface area contributed by atoms with Crippen LogP contribution in [0.3, 0.4) is 0 Å². The highest BCUT2D eigenvalue weighted by atomic mass is 16.3. The molecule has 3 heterocycles. The molecule has 5 heteroatoms. The minimum Gasteiger partial charge on any atom is -0.459 e. The molecule has 2 aromatic rings. The van der Waals surface area contributed by atoms with Crippen molar-refractivity contribution in [1.82, 2.24) is 9.80 Å². The Morgan fingerprint density at radius 3 is 2.85 bits per heavy atom. The van der Waals surface area contributed by atoms with Crippen LogP contribution in [0.15, 0.2) is 47.1 Å². The summed E-state index contributed by atoms with van der Waals surface area (Å²) < 4.78 is 5.24. The Labute approximate surface area is 153 Å². The number of hydrogen-bond donors (Lipinski definition) is 0. The predicted octanol–water partition coefficient (Wildman–Crippen LogP) is 3.24. The zero-order valence-electron chi connectivity index (χ0n) is 15.1. The average molecular weight is 352 g/mol. The Bertz CT molecular complexity index is 814. The van der Waals surface area contributed by atoms with E-state index in [0.717, 1.165) is 31.4 Å². The molecular weight excluding hydrogens is 328 g/mol. The van der Waals surface area contributed by atoms with E-state index in [1.165, 1.54) is 11.8 Å². The van der Waals surface area contributed by atoms with E-state index < -0.39 is 5.41 Å². The first-order chi connectivity index (χ1) is 12.6. The number of rotatable bonds is 3. The number of furan rings is 1. The Morgan fingerprint density at radius 1 is 1.19 bits per heavy atom. The standard InChI is InChI=1S/C21H24N2O3/c1-16-5-2-6-17(13-16)14-22-10-4-8-21(20(22)25)9-11-23(15-21)19(24)18-7-3-12-26-18/h2-3,5-7,12-13H,4,8-11,14-15H2,1H3/t21-/m1/s1. The molecule has 1 atom stereocenters. The first-order valence-electron chi connectivity index (χ1n) is 9.25. The number of carbonyl (C=O) groups excluding carboxylic acids is 2. The summed E-state index contributed by atoms with van der Waals surface area (Å²) in [4.78, 5) is 29.6. The van der Waals surface area contributed by atoms with Gasteiger partial charge in [0.2, 0.25) is 5.91 Å². The fourth-order valence-electron chi connectivity index (χ4n) is 4.31. The van der Waals surface area contributed by atoms with Crippen LogP contribution in [-0.4, -0.2) is 41.2 Å². The summed E-state index contributed by atoms with van der Waals surface area (Å²) >= 11 is 0. The highest BCUT2D eigenvalue weighted by Crippen LogP contribution is 2.41. The van der Waals surface area contributed by atoms with Crippen molar-refractivity contribution in [2.45, 2.75) is 32.7 Å². The lowest BCUT2D eigenvalue weighted by molar-refractivity contribution is -0.146. The fourth-order valence-corrected chi connectivity index (χ4v) is 4.31. The SMILES string of the molecule is Cc1cccc(CN2CCC[C@]3(CCN(C(=O)c4ccco4)C3)C2=O)c1. The molecule has 0 N–H and O–H groups in total. The van der Waals surface area contributed by atoms with Gasteiger partial charge in [0, 0.05) is 26.2 Å². The highest BCUT2D eigenvalue weighted by Gasteiger charge is 2.49. The normalized spacial score (nSPS) is 23.0. The van der Waals surface area contributed by atoms with Crippen LogP contribution in [-0.2, 0) is 11.3 Å². The van der Waals surface area contributed by atoms with Gasteiger partial charge in [-0.1, -0.05) is 29.8 Å². The molecule has 2 saturated heterocycles. The van der Waals surface area contributed by atoms with Gasteiger partial charge in [-0.3, -0.25) is 9.59 Å². The molecule has 0 aliphatic carbocycles. The Kier molecular flexibility index (Phi) is 4.31. The van der Waals surface area contributed by atoms with E-state index in [1.807, 2.05) is 11.0 Å². The van der Waals surface area contributed by atoms with Crippen molar-refractivity contribution >= 4 is 11.8 Å². The molecule has 2 fully saturated rings. The molecular formula is C21H24N2O3. The van der Waals surface area contributed by atoms with Gasteiger partial charge < -0.3 is 14.2 Å². The van der Waals surface area contributed by atoms with Gasteiger partial charge in [-0.05, 0) is 43.9 Å². The average Bonchev–Trinajstić information content (AvgIpc) is 3.30. The van der Waals surface area contributed by atoms with E-state index in [1.54, 1.807) is 17.0 Å². The monoisotopic (exact) mass is 352 g/mol. The van der Waals surface area contributed by atoms with Crippen LogP contribution in [0.4, 0.5) is 0 Å². The molecule has 0 bridgehead atoms. The number of likely N-dealkylation sites (tertiary alicyclic amines) is 2. The van der Waals surface area contributed by atoms with Gasteiger partial charge in [-0.2, -0.15) is 0 Å². The third-order valence-electron chi connectivity index (χ3n) is 5.65. The summed E-state index contributed by atoms with van der Waals surface area (Å²) in [6, 6.07) is 11.7. The van der Waals surface area contributed by atoms with E-state index >= 15 is 0 Å². The highest BCUT2D eigenvalue weighted by molar-refractivity contribution is 5.93. The number of nitrogens with zero attached hydrogens (tertiary/aromatic N) is 2. The van der Waals surface area contributed by atoms with Crippen molar-refractivity contribution in [3.63, 3.8) is 0 Å². The van der Waals surface area contributed by atoms with Crippen LogP contribution in [0.2, 0.25) is 0 Å². The molecule has 2 aliphatic rings. The van der Waals surface area contributed by atoms with Crippen molar-refractivity contribution < 1.29 is 14.0 Å². The van der Waals surface area contributed by atoms with Gasteiger partial charge in [0.25, 0.3) is 5.91 Å². The maximum atomic E-state index is 13.3. The van der Waals surface area contributed by atoms with Crippen LogP contribution >= 0.6 is 0 Å². The Hall–Kier alpha value is -2.56. The molecule has 136 valence electrons. The number of amides is 2. The van der Waals surface area contributed by atoms with Gasteiger partial charge >= 0.3 is 0 Å². The summed E-state index contributed by atoms with van der Waals surface area (Å²) in [5, 5.41) is 0. The van der Waals surface area contributed by atoms with Gasteiger partial charge in [0.05, 0.1) is 11.7 Å². The van der Waals surface area contributed by atoms with Crippen molar-refractivity contribution in [3.8, 4) is 0 Å². The first-order valence-corrected chi connectivity index (χ1v) is 9.25. The molecule has 0 saturated carbocycles. The summed E-state index contributed by atoms with van der Waals surface area (Å²) in [6.07, 6.45) is 4.09. The summed E-state index contributed by atoms with van der Waals surface area (Å²) in [5.74, 6) is 0.428. The molecule has 1 aromatic carbocycles. The molecule has 2 amide bonds. The second kappa shape index (κ2) is 6.63. The van der Waals surface area contributed by atoms with Crippen molar-refractivity contribution in [3.05, 3.63) is 59.5 Å². The fraction of sp³-hybridized carbons (Fsp3) is 0.429. The summed E-state index contributed by atoms with van der Waals surface area (Å²) in [6.45, 7) is 4.62. The lowest BCUT2D eigenvalue weighted by Gasteiger charge is -2.39. The van der Waals surface area contributed by atoms with Crippen molar-refractivity contribution in [2.24, 2.45) is 5.41 Å². The molecule has 2 aliphatic heterocycles. The largest absolute Gasteiger partial charge is 0.459 e. The van der Waals surface area contributed by atoms with E-state index in [4.69, 9.17) is 4.42 Å². The third kappa shape index (κ3) is 3.02. The van der Waals surface area contributed by atoms with E-state index in [0.29, 0.717) is 25.4 Å². The lowest BCUT2D eigenvalue weighted by atomic mass is 9.78. The van der Waals surface area contributed by atoms with Gasteiger partial charge in [-0.25, -0.2) is 0 Å². The van der Waals surface area contributed by atoms with Gasteiger partial charge in [0.1, 0.15) is 0 Å². The molecule has 0 unspecified atom stereocenters. The predicted molar refractivity (Wildman–Crippen MR) is 97.5 cm³/mol. The maximum Gasteiger partial charge on any atom is 0.289 e. The molecule has 1 spiro atoms. The molecule has 0 radical (unpaired) electrons.